The van der Waals surface area contributed by atoms with Crippen LogP contribution in [0.1, 0.15) is 46.5 Å². The summed E-state index contributed by atoms with van der Waals surface area (Å²) in [7, 11) is 0. The maximum atomic E-state index is 11.7. The highest BCUT2D eigenvalue weighted by molar-refractivity contribution is 5.87. The van der Waals surface area contributed by atoms with Gasteiger partial charge in [0.25, 0.3) is 0 Å². The zero-order valence-electron chi connectivity index (χ0n) is 11.2. The molecule has 2 heteroatoms. The van der Waals surface area contributed by atoms with Crippen molar-refractivity contribution in [2.24, 2.45) is 23.7 Å². The summed E-state index contributed by atoms with van der Waals surface area (Å²) in [5.41, 5.74) is 0.517. The highest BCUT2D eigenvalue weighted by Gasteiger charge is 2.41. The standard InChI is InChI=1S/C15H24O2/c1-9(2)15(16)17-14-11(4)7-12-5-10(3)6-13(14)8-12/h10-14H,1,5-8H2,2-4H3. The van der Waals surface area contributed by atoms with Crippen LogP contribution in [0.4, 0.5) is 0 Å². The van der Waals surface area contributed by atoms with Crippen molar-refractivity contribution in [1.29, 1.82) is 0 Å². The summed E-state index contributed by atoms with van der Waals surface area (Å²) in [4.78, 5) is 11.7. The van der Waals surface area contributed by atoms with E-state index in [9.17, 15) is 4.79 Å². The van der Waals surface area contributed by atoms with Gasteiger partial charge in [-0.15, -0.1) is 0 Å². The Morgan fingerprint density at radius 1 is 1.18 bits per heavy atom. The lowest BCUT2D eigenvalue weighted by molar-refractivity contribution is -0.156. The normalized spacial score (nSPS) is 40.8. The highest BCUT2D eigenvalue weighted by Crippen LogP contribution is 2.46. The third-order valence-electron chi connectivity index (χ3n) is 4.40. The Morgan fingerprint density at radius 2 is 1.88 bits per heavy atom. The van der Waals surface area contributed by atoms with Gasteiger partial charge in [-0.1, -0.05) is 20.4 Å². The van der Waals surface area contributed by atoms with E-state index in [0.717, 1.165) is 11.8 Å². The minimum atomic E-state index is -0.210. The number of carbonyl (C=O) groups is 1. The number of hydrogen-bond donors (Lipinski definition) is 0. The molecule has 0 spiro atoms. The van der Waals surface area contributed by atoms with Gasteiger partial charge in [0.05, 0.1) is 0 Å². The molecule has 2 rings (SSSR count). The first kappa shape index (κ1) is 12.7. The highest BCUT2D eigenvalue weighted by atomic mass is 16.5. The molecular weight excluding hydrogens is 212 g/mol. The predicted molar refractivity (Wildman–Crippen MR) is 68.5 cm³/mol. The van der Waals surface area contributed by atoms with Crippen LogP contribution in [0.3, 0.4) is 0 Å². The van der Waals surface area contributed by atoms with Crippen molar-refractivity contribution in [1.82, 2.24) is 0 Å². The first-order valence-corrected chi connectivity index (χ1v) is 6.83. The van der Waals surface area contributed by atoms with Gasteiger partial charge >= 0.3 is 5.97 Å². The van der Waals surface area contributed by atoms with Crippen LogP contribution in [0.5, 0.6) is 0 Å². The molecule has 17 heavy (non-hydrogen) atoms. The molecule has 2 aliphatic carbocycles. The quantitative estimate of drug-likeness (QED) is 0.541. The third kappa shape index (κ3) is 2.72. The van der Waals surface area contributed by atoms with Crippen LogP contribution < -0.4 is 0 Å². The third-order valence-corrected chi connectivity index (χ3v) is 4.40. The van der Waals surface area contributed by atoms with Crippen LogP contribution in [-0.2, 0) is 9.53 Å². The van der Waals surface area contributed by atoms with Gasteiger partial charge in [-0.05, 0) is 56.3 Å². The fraction of sp³-hybridized carbons (Fsp3) is 0.800. The van der Waals surface area contributed by atoms with Gasteiger partial charge < -0.3 is 4.74 Å². The molecule has 0 amide bonds. The Labute approximate surface area is 104 Å². The Balaban J connectivity index is 2.05. The average Bonchev–Trinajstić information content (AvgIpc) is 2.22. The first-order valence-electron chi connectivity index (χ1n) is 6.83. The Hall–Kier alpha value is -0.790. The van der Waals surface area contributed by atoms with E-state index in [-0.39, 0.29) is 12.1 Å². The van der Waals surface area contributed by atoms with E-state index in [4.69, 9.17) is 4.74 Å². The van der Waals surface area contributed by atoms with Crippen molar-refractivity contribution >= 4 is 5.97 Å². The molecule has 2 fully saturated rings. The molecule has 0 aromatic carbocycles. The number of rotatable bonds is 2. The van der Waals surface area contributed by atoms with E-state index >= 15 is 0 Å². The molecule has 2 saturated carbocycles. The van der Waals surface area contributed by atoms with E-state index in [1.54, 1.807) is 6.92 Å². The van der Waals surface area contributed by atoms with Gasteiger partial charge in [0.15, 0.2) is 0 Å². The summed E-state index contributed by atoms with van der Waals surface area (Å²) >= 11 is 0. The predicted octanol–water partition coefficient (Wildman–Crippen LogP) is 3.57. The van der Waals surface area contributed by atoms with Crippen LogP contribution in [0, 0.1) is 23.7 Å². The Morgan fingerprint density at radius 3 is 2.53 bits per heavy atom. The molecule has 2 aliphatic rings. The number of esters is 1. The molecule has 0 aromatic heterocycles. The summed E-state index contributed by atoms with van der Waals surface area (Å²) in [6.45, 7) is 9.94. The minimum absolute atomic E-state index is 0.123. The molecule has 0 N–H and O–H groups in total. The fourth-order valence-electron chi connectivity index (χ4n) is 3.82. The maximum absolute atomic E-state index is 11.7. The molecule has 5 atom stereocenters. The Bertz CT molecular complexity index is 317. The molecule has 0 aromatic rings. The second kappa shape index (κ2) is 4.83. The van der Waals surface area contributed by atoms with Gasteiger partial charge in [0, 0.05) is 5.57 Å². The van der Waals surface area contributed by atoms with Gasteiger partial charge in [-0.2, -0.15) is 0 Å². The number of ether oxygens (including phenoxy) is 1. The van der Waals surface area contributed by atoms with Gasteiger partial charge in [0.1, 0.15) is 6.10 Å². The first-order chi connectivity index (χ1) is 7.97. The molecule has 2 nitrogen and oxygen atoms in total. The van der Waals surface area contributed by atoms with E-state index in [1.807, 2.05) is 0 Å². The lowest BCUT2D eigenvalue weighted by atomic mass is 9.64. The molecule has 5 unspecified atom stereocenters. The van der Waals surface area contributed by atoms with Crippen LogP contribution in [0.25, 0.3) is 0 Å². The number of carbonyl (C=O) groups excluding carboxylic acids is 1. The smallest absolute Gasteiger partial charge is 0.333 e. The van der Waals surface area contributed by atoms with Crippen LogP contribution in [-0.4, -0.2) is 12.1 Å². The van der Waals surface area contributed by atoms with Gasteiger partial charge in [-0.25, -0.2) is 4.79 Å². The van der Waals surface area contributed by atoms with Crippen LogP contribution in [0.2, 0.25) is 0 Å². The average molecular weight is 236 g/mol. The Kier molecular flexibility index (Phi) is 3.60. The second-order valence-corrected chi connectivity index (χ2v) is 6.30. The lowest BCUT2D eigenvalue weighted by Crippen LogP contribution is -2.43. The number of fused-ring (bicyclic) bond motifs is 2. The molecule has 0 saturated heterocycles. The van der Waals surface area contributed by atoms with Crippen molar-refractivity contribution in [3.05, 3.63) is 12.2 Å². The fourth-order valence-corrected chi connectivity index (χ4v) is 3.82. The van der Waals surface area contributed by atoms with Gasteiger partial charge in [0.2, 0.25) is 0 Å². The van der Waals surface area contributed by atoms with Crippen molar-refractivity contribution in [2.75, 3.05) is 0 Å². The van der Waals surface area contributed by atoms with Crippen molar-refractivity contribution in [3.63, 3.8) is 0 Å². The summed E-state index contributed by atoms with van der Waals surface area (Å²) in [5.74, 6) is 2.53. The van der Waals surface area contributed by atoms with Crippen molar-refractivity contribution in [3.8, 4) is 0 Å². The zero-order valence-corrected chi connectivity index (χ0v) is 11.2. The summed E-state index contributed by atoms with van der Waals surface area (Å²) < 4.78 is 5.66. The van der Waals surface area contributed by atoms with E-state index in [2.05, 4.69) is 20.4 Å². The van der Waals surface area contributed by atoms with Crippen molar-refractivity contribution in [2.45, 2.75) is 52.6 Å². The number of hydrogen-bond acceptors (Lipinski definition) is 2. The van der Waals surface area contributed by atoms with E-state index < -0.39 is 0 Å². The molecular formula is C15H24O2. The van der Waals surface area contributed by atoms with E-state index in [1.165, 1.54) is 25.7 Å². The minimum Gasteiger partial charge on any atom is -0.458 e. The molecule has 0 aliphatic heterocycles. The zero-order chi connectivity index (χ0) is 12.6. The molecule has 0 radical (unpaired) electrons. The molecule has 96 valence electrons. The summed E-state index contributed by atoms with van der Waals surface area (Å²) in [6.07, 6.45) is 5.17. The maximum Gasteiger partial charge on any atom is 0.333 e. The van der Waals surface area contributed by atoms with Crippen LogP contribution >= 0.6 is 0 Å². The lowest BCUT2D eigenvalue weighted by Gasteiger charge is -2.45. The van der Waals surface area contributed by atoms with Crippen molar-refractivity contribution < 1.29 is 9.53 Å². The summed E-state index contributed by atoms with van der Waals surface area (Å²) in [5, 5.41) is 0. The van der Waals surface area contributed by atoms with E-state index in [0.29, 0.717) is 17.4 Å². The largest absolute Gasteiger partial charge is 0.458 e. The van der Waals surface area contributed by atoms with Crippen LogP contribution in [0.15, 0.2) is 12.2 Å². The summed E-state index contributed by atoms with van der Waals surface area (Å²) in [6, 6.07) is 0. The topological polar surface area (TPSA) is 26.3 Å². The molecule has 2 bridgehead atoms. The SMILES string of the molecule is C=C(C)C(=O)OC1C(C)CC2CC(C)CC1C2. The monoisotopic (exact) mass is 236 g/mol. The molecule has 0 heterocycles. The second-order valence-electron chi connectivity index (χ2n) is 6.30. The van der Waals surface area contributed by atoms with Gasteiger partial charge in [-0.3, -0.25) is 0 Å².